The van der Waals surface area contributed by atoms with Gasteiger partial charge in [-0.1, -0.05) is 6.92 Å². The third kappa shape index (κ3) is 2.70. The van der Waals surface area contributed by atoms with Crippen molar-refractivity contribution in [3.8, 4) is 0 Å². The summed E-state index contributed by atoms with van der Waals surface area (Å²) >= 11 is 0. The molecule has 1 unspecified atom stereocenters. The molecule has 0 aromatic heterocycles. The number of carboxylic acid groups (broad SMARTS) is 1. The number of nitrogens with one attached hydrogen (secondary N) is 2. The fraction of sp³-hybridized carbons (Fsp3) is 0.833. The summed E-state index contributed by atoms with van der Waals surface area (Å²) < 4.78 is 0. The second-order valence-electron chi connectivity index (χ2n) is 5.39. The molecule has 0 aromatic rings. The summed E-state index contributed by atoms with van der Waals surface area (Å²) in [6.07, 6.45) is 4.44. The molecule has 2 amide bonds. The highest BCUT2D eigenvalue weighted by molar-refractivity contribution is 5.87. The number of carboxylic acids is 1. The molecule has 3 N–H and O–H groups in total. The summed E-state index contributed by atoms with van der Waals surface area (Å²) in [6, 6.07) is -0.348. The molecule has 96 valence electrons. The smallest absolute Gasteiger partial charge is 0.329 e. The zero-order valence-corrected chi connectivity index (χ0v) is 10.2. The van der Waals surface area contributed by atoms with Crippen molar-refractivity contribution in [2.24, 2.45) is 11.8 Å². The van der Waals surface area contributed by atoms with Crippen LogP contribution in [0.4, 0.5) is 4.79 Å². The second-order valence-corrected chi connectivity index (χ2v) is 5.39. The molecule has 2 saturated carbocycles. The molecule has 17 heavy (non-hydrogen) atoms. The van der Waals surface area contributed by atoms with Crippen molar-refractivity contribution >= 4 is 12.0 Å². The molecule has 2 aliphatic carbocycles. The predicted molar refractivity (Wildman–Crippen MR) is 62.6 cm³/mol. The van der Waals surface area contributed by atoms with Gasteiger partial charge in [0.25, 0.3) is 0 Å². The first-order chi connectivity index (χ1) is 8.03. The Labute approximate surface area is 101 Å². The summed E-state index contributed by atoms with van der Waals surface area (Å²) in [6.45, 7) is 2.75. The number of carbonyl (C=O) groups is 2. The van der Waals surface area contributed by atoms with E-state index in [4.69, 9.17) is 5.11 Å². The normalized spacial score (nSPS) is 23.4. The van der Waals surface area contributed by atoms with Crippen LogP contribution in [0.2, 0.25) is 0 Å². The van der Waals surface area contributed by atoms with E-state index in [1.54, 1.807) is 0 Å². The molecule has 0 spiro atoms. The monoisotopic (exact) mass is 240 g/mol. The van der Waals surface area contributed by atoms with Gasteiger partial charge in [-0.05, 0) is 43.9 Å². The van der Waals surface area contributed by atoms with Crippen molar-refractivity contribution in [3.05, 3.63) is 0 Å². The summed E-state index contributed by atoms with van der Waals surface area (Å²) in [5.74, 6) is 0.310. The van der Waals surface area contributed by atoms with E-state index >= 15 is 0 Å². The van der Waals surface area contributed by atoms with Crippen molar-refractivity contribution in [1.29, 1.82) is 0 Å². The third-order valence-corrected chi connectivity index (χ3v) is 3.98. The van der Waals surface area contributed by atoms with Crippen molar-refractivity contribution in [3.63, 3.8) is 0 Å². The van der Waals surface area contributed by atoms with E-state index in [1.807, 2.05) is 0 Å². The highest BCUT2D eigenvalue weighted by Gasteiger charge is 2.45. The van der Waals surface area contributed by atoms with Gasteiger partial charge in [-0.2, -0.15) is 0 Å². The van der Waals surface area contributed by atoms with Gasteiger partial charge in [0.2, 0.25) is 0 Å². The highest BCUT2D eigenvalue weighted by atomic mass is 16.4. The van der Waals surface area contributed by atoms with Crippen LogP contribution < -0.4 is 10.6 Å². The molecule has 2 fully saturated rings. The Kier molecular flexibility index (Phi) is 3.26. The number of carbonyl (C=O) groups excluding carboxylic acids is 1. The lowest BCUT2D eigenvalue weighted by Crippen LogP contribution is -2.61. The Bertz CT molecular complexity index is 322. The van der Waals surface area contributed by atoms with E-state index in [0.717, 1.165) is 12.3 Å². The van der Waals surface area contributed by atoms with Crippen LogP contribution in [-0.2, 0) is 4.79 Å². The van der Waals surface area contributed by atoms with Gasteiger partial charge in [0.05, 0.1) is 0 Å². The van der Waals surface area contributed by atoms with Crippen LogP contribution in [0.25, 0.3) is 0 Å². The SMILES string of the molecule is CC(CNC(=O)NC1(C(=O)O)CCC1)C1CC1. The summed E-state index contributed by atoms with van der Waals surface area (Å²) in [7, 11) is 0. The molecule has 1 atom stereocenters. The maximum atomic E-state index is 11.6. The number of hydrogen-bond acceptors (Lipinski definition) is 2. The molecule has 0 aromatic carbocycles. The van der Waals surface area contributed by atoms with E-state index in [0.29, 0.717) is 25.3 Å². The highest BCUT2D eigenvalue weighted by Crippen LogP contribution is 2.36. The van der Waals surface area contributed by atoms with Crippen molar-refractivity contribution in [1.82, 2.24) is 10.6 Å². The van der Waals surface area contributed by atoms with E-state index in [9.17, 15) is 9.59 Å². The maximum absolute atomic E-state index is 11.6. The fourth-order valence-electron chi connectivity index (χ4n) is 2.27. The Balaban J connectivity index is 1.74. The molecule has 0 bridgehead atoms. The zero-order valence-electron chi connectivity index (χ0n) is 10.2. The van der Waals surface area contributed by atoms with Gasteiger partial charge in [-0.3, -0.25) is 0 Å². The Morgan fingerprint density at radius 2 is 2.06 bits per heavy atom. The Morgan fingerprint density at radius 1 is 1.41 bits per heavy atom. The quantitative estimate of drug-likeness (QED) is 0.678. The van der Waals surface area contributed by atoms with Crippen LogP contribution in [0.15, 0.2) is 0 Å². The average Bonchev–Trinajstić information content (AvgIpc) is 3.02. The number of amides is 2. The molecular formula is C12H20N2O3. The standard InChI is InChI=1S/C12H20N2O3/c1-8(9-3-4-9)7-13-11(17)14-12(10(15)16)5-2-6-12/h8-9H,2-7H2,1H3,(H,15,16)(H2,13,14,17). The van der Waals surface area contributed by atoms with Gasteiger partial charge in [-0.15, -0.1) is 0 Å². The number of hydrogen-bond donors (Lipinski definition) is 3. The van der Waals surface area contributed by atoms with Gasteiger partial charge in [-0.25, -0.2) is 9.59 Å². The van der Waals surface area contributed by atoms with Crippen molar-refractivity contribution < 1.29 is 14.7 Å². The van der Waals surface area contributed by atoms with Crippen molar-refractivity contribution in [2.45, 2.75) is 44.6 Å². The second kappa shape index (κ2) is 4.55. The minimum absolute atomic E-state index is 0.348. The molecule has 2 aliphatic rings. The minimum atomic E-state index is -1.01. The van der Waals surface area contributed by atoms with E-state index in [-0.39, 0.29) is 6.03 Å². The number of rotatable bonds is 5. The number of aliphatic carboxylic acids is 1. The summed E-state index contributed by atoms with van der Waals surface area (Å²) in [4.78, 5) is 22.7. The third-order valence-electron chi connectivity index (χ3n) is 3.98. The molecular weight excluding hydrogens is 220 g/mol. The lowest BCUT2D eigenvalue weighted by Gasteiger charge is -2.38. The Morgan fingerprint density at radius 3 is 2.47 bits per heavy atom. The molecule has 0 saturated heterocycles. The number of urea groups is 1. The van der Waals surface area contributed by atoms with Crippen molar-refractivity contribution in [2.75, 3.05) is 6.54 Å². The fourth-order valence-corrected chi connectivity index (χ4v) is 2.27. The maximum Gasteiger partial charge on any atom is 0.329 e. The first-order valence-electron chi connectivity index (χ1n) is 6.33. The molecule has 2 rings (SSSR count). The predicted octanol–water partition coefficient (Wildman–Crippen LogP) is 1.34. The van der Waals surface area contributed by atoms with Gasteiger partial charge in [0, 0.05) is 6.54 Å². The molecule has 0 heterocycles. The van der Waals surface area contributed by atoms with Gasteiger partial charge in [0.15, 0.2) is 0 Å². The van der Waals surface area contributed by atoms with Gasteiger partial charge < -0.3 is 15.7 Å². The average molecular weight is 240 g/mol. The van der Waals surface area contributed by atoms with Gasteiger partial charge >= 0.3 is 12.0 Å². The lowest BCUT2D eigenvalue weighted by molar-refractivity contribution is -0.148. The molecule has 5 heteroatoms. The Hall–Kier alpha value is -1.26. The summed E-state index contributed by atoms with van der Waals surface area (Å²) in [5, 5.41) is 14.4. The van der Waals surface area contributed by atoms with Crippen LogP contribution in [0.1, 0.15) is 39.0 Å². The zero-order chi connectivity index (χ0) is 12.5. The van der Waals surface area contributed by atoms with Crippen LogP contribution in [0, 0.1) is 11.8 Å². The molecule has 0 radical (unpaired) electrons. The summed E-state index contributed by atoms with van der Waals surface area (Å²) in [5.41, 5.74) is -1.01. The van der Waals surface area contributed by atoms with Gasteiger partial charge in [0.1, 0.15) is 5.54 Å². The minimum Gasteiger partial charge on any atom is -0.480 e. The molecule has 0 aliphatic heterocycles. The van der Waals surface area contributed by atoms with Crippen LogP contribution in [-0.4, -0.2) is 29.2 Å². The topological polar surface area (TPSA) is 78.4 Å². The van der Waals surface area contributed by atoms with Crippen LogP contribution >= 0.6 is 0 Å². The van der Waals surface area contributed by atoms with Crippen LogP contribution in [0.3, 0.4) is 0 Å². The van der Waals surface area contributed by atoms with E-state index < -0.39 is 11.5 Å². The molecule has 5 nitrogen and oxygen atoms in total. The van der Waals surface area contributed by atoms with E-state index in [2.05, 4.69) is 17.6 Å². The van der Waals surface area contributed by atoms with E-state index in [1.165, 1.54) is 12.8 Å². The first kappa shape index (κ1) is 12.2. The lowest BCUT2D eigenvalue weighted by atomic mass is 9.77. The first-order valence-corrected chi connectivity index (χ1v) is 6.33. The van der Waals surface area contributed by atoms with Crippen LogP contribution in [0.5, 0.6) is 0 Å². The largest absolute Gasteiger partial charge is 0.480 e.